The number of Topliss-reactive ketones (excluding diaryl/α,β-unsaturated/α-hetero) is 1. The average molecular weight is 312 g/mol. The van der Waals surface area contributed by atoms with Crippen molar-refractivity contribution in [3.8, 4) is 5.75 Å². The summed E-state index contributed by atoms with van der Waals surface area (Å²) in [4.78, 5) is 24.7. The first kappa shape index (κ1) is 16.7. The van der Waals surface area contributed by atoms with Gasteiger partial charge in [-0.15, -0.1) is 0 Å². The minimum atomic E-state index is -0.866. The summed E-state index contributed by atoms with van der Waals surface area (Å²) in [7, 11) is 1.48. The molecule has 2 rings (SSSR count). The summed E-state index contributed by atoms with van der Waals surface area (Å²) >= 11 is 0. The second-order valence-corrected chi connectivity index (χ2v) is 5.41. The average Bonchev–Trinajstić information content (AvgIpc) is 2.56. The van der Waals surface area contributed by atoms with Crippen LogP contribution >= 0.6 is 0 Å². The second kappa shape index (κ2) is 7.09. The van der Waals surface area contributed by atoms with Crippen molar-refractivity contribution in [2.75, 3.05) is 7.11 Å². The highest BCUT2D eigenvalue weighted by Gasteiger charge is 2.22. The Hall–Kier alpha value is -2.62. The number of methoxy groups -OCH3 is 1. The monoisotopic (exact) mass is 312 g/mol. The molecule has 0 N–H and O–H groups in total. The fourth-order valence-corrected chi connectivity index (χ4v) is 2.22. The predicted molar refractivity (Wildman–Crippen MR) is 88.1 cm³/mol. The summed E-state index contributed by atoms with van der Waals surface area (Å²) in [6.45, 7) is 5.50. The van der Waals surface area contributed by atoms with Crippen molar-refractivity contribution in [1.82, 2.24) is 0 Å². The van der Waals surface area contributed by atoms with Gasteiger partial charge in [-0.3, -0.25) is 4.79 Å². The third-order valence-corrected chi connectivity index (χ3v) is 3.77. The van der Waals surface area contributed by atoms with Crippen molar-refractivity contribution in [3.05, 3.63) is 64.7 Å². The Kier molecular flexibility index (Phi) is 5.16. The quantitative estimate of drug-likeness (QED) is 0.623. The minimum Gasteiger partial charge on any atom is -0.496 e. The molecule has 0 bridgehead atoms. The Balaban J connectivity index is 2.14. The SMILES string of the molecule is COc1ccccc1C(=O)O[C@@H](C)C(=O)c1ccc(C)c(C)c1. The third kappa shape index (κ3) is 3.77. The van der Waals surface area contributed by atoms with Crippen LogP contribution < -0.4 is 4.74 Å². The lowest BCUT2D eigenvalue weighted by atomic mass is 10.0. The molecule has 0 spiro atoms. The zero-order valence-corrected chi connectivity index (χ0v) is 13.8. The lowest BCUT2D eigenvalue weighted by molar-refractivity contribution is 0.0316. The summed E-state index contributed by atoms with van der Waals surface area (Å²) < 4.78 is 10.4. The number of aryl methyl sites for hydroxylation is 2. The second-order valence-electron chi connectivity index (χ2n) is 5.41. The van der Waals surface area contributed by atoms with E-state index in [2.05, 4.69) is 0 Å². The van der Waals surface area contributed by atoms with E-state index < -0.39 is 12.1 Å². The number of para-hydroxylation sites is 1. The Labute approximate surface area is 136 Å². The Morgan fingerprint density at radius 1 is 1.00 bits per heavy atom. The van der Waals surface area contributed by atoms with Gasteiger partial charge in [0.25, 0.3) is 0 Å². The molecule has 0 aliphatic rings. The van der Waals surface area contributed by atoms with Crippen molar-refractivity contribution in [1.29, 1.82) is 0 Å². The van der Waals surface area contributed by atoms with Crippen LogP contribution in [0.5, 0.6) is 5.75 Å². The van der Waals surface area contributed by atoms with Crippen LogP contribution in [0.25, 0.3) is 0 Å². The number of hydrogen-bond donors (Lipinski definition) is 0. The van der Waals surface area contributed by atoms with Gasteiger partial charge in [0.1, 0.15) is 11.3 Å². The molecule has 0 aromatic heterocycles. The highest BCUT2D eigenvalue weighted by atomic mass is 16.5. The third-order valence-electron chi connectivity index (χ3n) is 3.77. The topological polar surface area (TPSA) is 52.6 Å². The first-order valence-electron chi connectivity index (χ1n) is 7.39. The number of ether oxygens (including phenoxy) is 2. The smallest absolute Gasteiger partial charge is 0.342 e. The highest BCUT2D eigenvalue weighted by Crippen LogP contribution is 2.20. The molecule has 120 valence electrons. The van der Waals surface area contributed by atoms with Gasteiger partial charge in [-0.2, -0.15) is 0 Å². The molecular weight excluding hydrogens is 292 g/mol. The van der Waals surface area contributed by atoms with Crippen molar-refractivity contribution in [2.24, 2.45) is 0 Å². The maximum atomic E-state index is 12.4. The largest absolute Gasteiger partial charge is 0.496 e. The molecule has 23 heavy (non-hydrogen) atoms. The van der Waals surface area contributed by atoms with Gasteiger partial charge in [0.2, 0.25) is 5.78 Å². The number of rotatable bonds is 5. The zero-order valence-electron chi connectivity index (χ0n) is 13.8. The van der Waals surface area contributed by atoms with Crippen LogP contribution in [0, 0.1) is 13.8 Å². The lowest BCUT2D eigenvalue weighted by Gasteiger charge is -2.14. The van der Waals surface area contributed by atoms with E-state index in [1.807, 2.05) is 26.0 Å². The van der Waals surface area contributed by atoms with Crippen molar-refractivity contribution < 1.29 is 19.1 Å². The number of esters is 1. The first-order chi connectivity index (χ1) is 10.9. The molecule has 0 amide bonds. The lowest BCUT2D eigenvalue weighted by Crippen LogP contribution is -2.24. The molecule has 0 heterocycles. The first-order valence-corrected chi connectivity index (χ1v) is 7.39. The number of ketones is 1. The van der Waals surface area contributed by atoms with Crippen molar-refractivity contribution in [3.63, 3.8) is 0 Å². The van der Waals surface area contributed by atoms with Gasteiger partial charge in [0, 0.05) is 5.56 Å². The minimum absolute atomic E-state index is 0.226. The normalized spacial score (nSPS) is 11.7. The molecule has 4 nitrogen and oxygen atoms in total. The highest BCUT2D eigenvalue weighted by molar-refractivity contribution is 6.02. The van der Waals surface area contributed by atoms with Gasteiger partial charge in [-0.25, -0.2) is 4.79 Å². The van der Waals surface area contributed by atoms with Crippen LogP contribution in [-0.4, -0.2) is 25.0 Å². The van der Waals surface area contributed by atoms with E-state index in [4.69, 9.17) is 9.47 Å². The number of hydrogen-bond acceptors (Lipinski definition) is 4. The van der Waals surface area contributed by atoms with E-state index in [9.17, 15) is 9.59 Å². The van der Waals surface area contributed by atoms with Crippen LogP contribution in [-0.2, 0) is 4.74 Å². The number of benzene rings is 2. The molecule has 0 saturated heterocycles. The van der Waals surface area contributed by atoms with Crippen LogP contribution in [0.2, 0.25) is 0 Å². The summed E-state index contributed by atoms with van der Waals surface area (Å²) in [6.07, 6.45) is -0.866. The molecule has 2 aromatic rings. The predicted octanol–water partition coefficient (Wildman–Crippen LogP) is 3.74. The van der Waals surface area contributed by atoms with Gasteiger partial charge in [-0.1, -0.05) is 24.3 Å². The molecule has 0 saturated carbocycles. The Morgan fingerprint density at radius 3 is 2.35 bits per heavy atom. The summed E-state index contributed by atoms with van der Waals surface area (Å²) in [6, 6.07) is 12.2. The van der Waals surface area contributed by atoms with E-state index in [-0.39, 0.29) is 5.78 Å². The maximum Gasteiger partial charge on any atom is 0.342 e. The van der Waals surface area contributed by atoms with E-state index in [1.165, 1.54) is 7.11 Å². The van der Waals surface area contributed by atoms with E-state index >= 15 is 0 Å². The Morgan fingerprint density at radius 2 is 1.70 bits per heavy atom. The van der Waals surface area contributed by atoms with Crippen molar-refractivity contribution >= 4 is 11.8 Å². The van der Waals surface area contributed by atoms with Crippen LogP contribution in [0.15, 0.2) is 42.5 Å². The van der Waals surface area contributed by atoms with Gasteiger partial charge in [-0.05, 0) is 50.1 Å². The molecule has 0 aliphatic heterocycles. The summed E-state index contributed by atoms with van der Waals surface area (Å²) in [5, 5.41) is 0. The molecule has 0 radical (unpaired) electrons. The van der Waals surface area contributed by atoms with Crippen molar-refractivity contribution in [2.45, 2.75) is 26.9 Å². The fraction of sp³-hybridized carbons (Fsp3) is 0.263. The number of carbonyl (C=O) groups is 2. The Bertz CT molecular complexity index is 734. The molecular formula is C19H20O4. The molecule has 1 atom stereocenters. The summed E-state index contributed by atoms with van der Waals surface area (Å²) in [5.41, 5.74) is 2.97. The zero-order chi connectivity index (χ0) is 17.0. The van der Waals surface area contributed by atoms with Gasteiger partial charge in [0.05, 0.1) is 7.11 Å². The fourth-order valence-electron chi connectivity index (χ4n) is 2.22. The molecule has 0 unspecified atom stereocenters. The van der Waals surface area contributed by atoms with E-state index in [1.54, 1.807) is 37.3 Å². The van der Waals surface area contributed by atoms with Crippen LogP contribution in [0.3, 0.4) is 0 Å². The molecule has 0 fully saturated rings. The van der Waals surface area contributed by atoms with E-state index in [0.717, 1.165) is 11.1 Å². The van der Waals surface area contributed by atoms with Crippen LogP contribution in [0.4, 0.5) is 0 Å². The molecule has 2 aromatic carbocycles. The number of carbonyl (C=O) groups excluding carboxylic acids is 2. The summed E-state index contributed by atoms with van der Waals surface area (Å²) in [5.74, 6) is -0.383. The molecule has 0 aliphatic carbocycles. The van der Waals surface area contributed by atoms with Gasteiger partial charge >= 0.3 is 5.97 Å². The van der Waals surface area contributed by atoms with Gasteiger partial charge < -0.3 is 9.47 Å². The van der Waals surface area contributed by atoms with Crippen LogP contribution in [0.1, 0.15) is 38.8 Å². The maximum absolute atomic E-state index is 12.4. The standard InChI is InChI=1S/C19H20O4/c1-12-9-10-15(11-13(12)2)18(20)14(3)23-19(21)16-7-5-6-8-17(16)22-4/h5-11,14H,1-4H3/t14-/m0/s1. The molecule has 4 heteroatoms. The van der Waals surface area contributed by atoms with Gasteiger partial charge in [0.15, 0.2) is 6.10 Å². The van der Waals surface area contributed by atoms with E-state index in [0.29, 0.717) is 16.9 Å².